The van der Waals surface area contributed by atoms with Crippen molar-refractivity contribution in [3.8, 4) is 0 Å². The Kier molecular flexibility index (Phi) is 5.01. The average Bonchev–Trinajstić information content (AvgIpc) is 3.29. The van der Waals surface area contributed by atoms with Gasteiger partial charge in [-0.1, -0.05) is 0 Å². The molecule has 30 heavy (non-hydrogen) atoms. The number of carbonyl (C=O) groups excluding carboxylic acids is 1. The number of amides is 1. The molecule has 1 saturated carbocycles. The van der Waals surface area contributed by atoms with Crippen molar-refractivity contribution >= 4 is 33.3 Å². The lowest BCUT2D eigenvalue weighted by atomic mass is 9.90. The molecule has 1 saturated heterocycles. The van der Waals surface area contributed by atoms with Crippen LogP contribution in [-0.2, 0) is 24.1 Å². The van der Waals surface area contributed by atoms with Gasteiger partial charge in [0, 0.05) is 37.0 Å². The summed E-state index contributed by atoms with van der Waals surface area (Å²) in [6.07, 6.45) is 8.28. The molecule has 0 spiro atoms. The summed E-state index contributed by atoms with van der Waals surface area (Å²) in [7, 11) is 2.15. The lowest BCUT2D eigenvalue weighted by Crippen LogP contribution is -2.36. The van der Waals surface area contributed by atoms with E-state index in [0.29, 0.717) is 25.0 Å². The van der Waals surface area contributed by atoms with Crippen LogP contribution in [0.3, 0.4) is 0 Å². The van der Waals surface area contributed by atoms with Gasteiger partial charge in [-0.25, -0.2) is 9.97 Å². The molecule has 3 heterocycles. The smallest absolute Gasteiger partial charge is 0.230 e. The van der Waals surface area contributed by atoms with Crippen LogP contribution in [0, 0.1) is 5.92 Å². The third-order valence-corrected chi connectivity index (χ3v) is 8.31. The van der Waals surface area contributed by atoms with E-state index in [0.717, 1.165) is 29.9 Å². The van der Waals surface area contributed by atoms with Crippen molar-refractivity contribution in [3.05, 3.63) is 16.3 Å². The molecule has 3 aliphatic rings. The molecule has 1 atom stereocenters. The molecule has 2 aromatic heterocycles. The van der Waals surface area contributed by atoms with Crippen molar-refractivity contribution in [1.82, 2.24) is 14.9 Å². The van der Waals surface area contributed by atoms with E-state index in [9.17, 15) is 9.90 Å². The van der Waals surface area contributed by atoms with Crippen molar-refractivity contribution in [2.45, 2.75) is 76.9 Å². The van der Waals surface area contributed by atoms with Crippen LogP contribution in [0.2, 0.25) is 0 Å². The van der Waals surface area contributed by atoms with Crippen molar-refractivity contribution in [2.75, 3.05) is 25.0 Å². The minimum absolute atomic E-state index is 0.0717. The van der Waals surface area contributed by atoms with E-state index in [-0.39, 0.29) is 18.2 Å². The van der Waals surface area contributed by atoms with Crippen LogP contribution >= 0.6 is 11.3 Å². The first-order chi connectivity index (χ1) is 14.3. The van der Waals surface area contributed by atoms with Gasteiger partial charge in [0.2, 0.25) is 5.91 Å². The monoisotopic (exact) mass is 428 g/mol. The van der Waals surface area contributed by atoms with Gasteiger partial charge in [0.25, 0.3) is 0 Å². The van der Waals surface area contributed by atoms with Crippen LogP contribution in [0.5, 0.6) is 0 Å². The highest BCUT2D eigenvalue weighted by molar-refractivity contribution is 7.19. The molecule has 7 heteroatoms. The Hall–Kier alpha value is -1.73. The summed E-state index contributed by atoms with van der Waals surface area (Å²) in [6, 6.07) is 0.567. The molecule has 0 aromatic carbocycles. The van der Waals surface area contributed by atoms with Crippen LogP contribution in [0.25, 0.3) is 10.2 Å². The predicted molar refractivity (Wildman–Crippen MR) is 120 cm³/mol. The van der Waals surface area contributed by atoms with E-state index in [1.54, 1.807) is 11.3 Å². The van der Waals surface area contributed by atoms with Gasteiger partial charge >= 0.3 is 0 Å². The summed E-state index contributed by atoms with van der Waals surface area (Å²) >= 11 is 1.80. The van der Waals surface area contributed by atoms with Crippen molar-refractivity contribution in [1.29, 1.82) is 0 Å². The number of fused-ring (bicyclic) bond motifs is 3. The largest absolute Gasteiger partial charge is 0.390 e. The molecule has 0 unspecified atom stereocenters. The van der Waals surface area contributed by atoms with Crippen molar-refractivity contribution in [2.24, 2.45) is 5.92 Å². The van der Waals surface area contributed by atoms with Gasteiger partial charge in [-0.2, -0.15) is 0 Å². The van der Waals surface area contributed by atoms with Gasteiger partial charge in [0.1, 0.15) is 16.5 Å². The number of hydrogen-bond donors (Lipinski definition) is 1. The Morgan fingerprint density at radius 2 is 2.00 bits per heavy atom. The zero-order valence-corrected chi connectivity index (χ0v) is 19.1. The molecule has 5 rings (SSSR count). The second-order valence-corrected chi connectivity index (χ2v) is 10.9. The number of anilines is 1. The number of nitrogens with zero attached hydrogens (tertiary/aromatic N) is 4. The highest BCUT2D eigenvalue weighted by atomic mass is 32.1. The maximum atomic E-state index is 13.0. The van der Waals surface area contributed by atoms with Gasteiger partial charge in [-0.05, 0) is 64.4 Å². The minimum atomic E-state index is -0.749. The standard InChI is InChI=1S/C23H32N4O2S/c1-23(2,29)14-10-11-27(13-14)19(28)12-18-24-21(26(3)15-8-9-15)20-16-6-4-5-7-17(16)30-22(20)25-18/h14-15,29H,4-13H2,1-3H3/t14-/m1/s1. The van der Waals surface area contributed by atoms with E-state index in [4.69, 9.17) is 9.97 Å². The molecule has 2 aromatic rings. The number of thiophene rings is 1. The summed E-state index contributed by atoms with van der Waals surface area (Å²) in [6.45, 7) is 4.99. The number of hydrogen-bond acceptors (Lipinski definition) is 6. The van der Waals surface area contributed by atoms with Gasteiger partial charge in [-0.3, -0.25) is 4.79 Å². The molecule has 1 N–H and O–H groups in total. The van der Waals surface area contributed by atoms with E-state index in [2.05, 4.69) is 11.9 Å². The summed E-state index contributed by atoms with van der Waals surface area (Å²) in [4.78, 5) is 29.5. The number of likely N-dealkylation sites (tertiary alicyclic amines) is 1. The van der Waals surface area contributed by atoms with Crippen molar-refractivity contribution in [3.63, 3.8) is 0 Å². The average molecular weight is 429 g/mol. The quantitative estimate of drug-likeness (QED) is 0.791. The number of aromatic nitrogens is 2. The third kappa shape index (κ3) is 3.71. The molecule has 2 fully saturated rings. The highest BCUT2D eigenvalue weighted by Gasteiger charge is 2.36. The van der Waals surface area contributed by atoms with Crippen LogP contribution in [-0.4, -0.2) is 57.7 Å². The highest BCUT2D eigenvalue weighted by Crippen LogP contribution is 2.41. The van der Waals surface area contributed by atoms with E-state index >= 15 is 0 Å². The molecule has 162 valence electrons. The Morgan fingerprint density at radius 1 is 1.23 bits per heavy atom. The van der Waals surface area contributed by atoms with Crippen LogP contribution in [0.4, 0.5) is 5.82 Å². The fraction of sp³-hybridized carbons (Fsp3) is 0.696. The minimum Gasteiger partial charge on any atom is -0.390 e. The lowest BCUT2D eigenvalue weighted by Gasteiger charge is -2.25. The second-order valence-electron chi connectivity index (χ2n) is 9.85. The molecular weight excluding hydrogens is 396 g/mol. The van der Waals surface area contributed by atoms with Crippen LogP contribution in [0.1, 0.15) is 62.2 Å². The lowest BCUT2D eigenvalue weighted by molar-refractivity contribution is -0.130. The third-order valence-electron chi connectivity index (χ3n) is 7.12. The fourth-order valence-electron chi connectivity index (χ4n) is 4.96. The van der Waals surface area contributed by atoms with Gasteiger partial charge in [0.15, 0.2) is 0 Å². The van der Waals surface area contributed by atoms with E-state index < -0.39 is 5.60 Å². The summed E-state index contributed by atoms with van der Waals surface area (Å²) in [5.74, 6) is 1.87. The fourth-order valence-corrected chi connectivity index (χ4v) is 6.24. The summed E-state index contributed by atoms with van der Waals surface area (Å²) < 4.78 is 0. The SMILES string of the molecule is CN(c1nc(CC(=O)N2CC[C@@H](C(C)(C)O)C2)nc2sc3c(c12)CCCC3)C1CC1. The zero-order chi connectivity index (χ0) is 21.0. The molecule has 1 amide bonds. The van der Waals surface area contributed by atoms with Crippen LogP contribution in [0.15, 0.2) is 0 Å². The topological polar surface area (TPSA) is 69.6 Å². The van der Waals surface area contributed by atoms with Gasteiger partial charge in [-0.15, -0.1) is 11.3 Å². The van der Waals surface area contributed by atoms with E-state index in [1.165, 1.54) is 41.5 Å². The molecule has 6 nitrogen and oxygen atoms in total. The van der Waals surface area contributed by atoms with Gasteiger partial charge in [0.05, 0.1) is 17.4 Å². The normalized spacial score (nSPS) is 21.9. The molecule has 0 radical (unpaired) electrons. The second kappa shape index (κ2) is 7.45. The Bertz CT molecular complexity index is 976. The first-order valence-electron chi connectivity index (χ1n) is 11.4. The maximum Gasteiger partial charge on any atom is 0.230 e. The zero-order valence-electron chi connectivity index (χ0n) is 18.3. The molecular formula is C23H32N4O2S. The van der Waals surface area contributed by atoms with Gasteiger partial charge < -0.3 is 14.9 Å². The number of carbonyl (C=O) groups is 1. The summed E-state index contributed by atoms with van der Waals surface area (Å²) in [5.41, 5.74) is 0.704. The molecule has 0 bridgehead atoms. The predicted octanol–water partition coefficient (Wildman–Crippen LogP) is 3.33. The number of aryl methyl sites for hydroxylation is 2. The maximum absolute atomic E-state index is 13.0. The Labute approximate surface area is 182 Å². The first-order valence-corrected chi connectivity index (χ1v) is 12.2. The first kappa shape index (κ1) is 20.2. The Morgan fingerprint density at radius 3 is 2.70 bits per heavy atom. The Balaban J connectivity index is 1.44. The number of aliphatic hydroxyl groups is 1. The van der Waals surface area contributed by atoms with E-state index in [1.807, 2.05) is 18.7 Å². The van der Waals surface area contributed by atoms with Crippen LogP contribution < -0.4 is 4.90 Å². The molecule has 2 aliphatic carbocycles. The molecule has 1 aliphatic heterocycles. The number of rotatable bonds is 5. The van der Waals surface area contributed by atoms with Crippen molar-refractivity contribution < 1.29 is 9.90 Å². The summed E-state index contributed by atoms with van der Waals surface area (Å²) in [5, 5.41) is 11.5.